The Morgan fingerprint density at radius 2 is 1.89 bits per heavy atom. The summed E-state index contributed by atoms with van der Waals surface area (Å²) in [5.41, 5.74) is 4.60. The van der Waals surface area contributed by atoms with Crippen LogP contribution in [0.25, 0.3) is 22.2 Å². The molecule has 0 atom stereocenters. The number of aromatic nitrogens is 5. The minimum Gasteiger partial charge on any atom is -0.496 e. The van der Waals surface area contributed by atoms with E-state index in [0.717, 1.165) is 39.5 Å². The average Bonchev–Trinajstić information content (AvgIpc) is 3.01. The maximum atomic E-state index is 6.27. The zero-order valence-corrected chi connectivity index (χ0v) is 16.9. The quantitative estimate of drug-likeness (QED) is 0.484. The van der Waals surface area contributed by atoms with Gasteiger partial charge in [0.1, 0.15) is 22.9 Å². The number of imidazole rings is 1. The Morgan fingerprint density at radius 1 is 1.07 bits per heavy atom. The van der Waals surface area contributed by atoms with Gasteiger partial charge >= 0.3 is 0 Å². The number of rotatable bonds is 4. The largest absolute Gasteiger partial charge is 0.496 e. The van der Waals surface area contributed by atoms with E-state index in [4.69, 9.17) is 16.3 Å². The number of methoxy groups -OCH3 is 1. The zero-order chi connectivity index (χ0) is 19.8. The molecule has 0 amide bonds. The molecular formula is C21H20ClN5O. The van der Waals surface area contributed by atoms with Crippen molar-refractivity contribution < 1.29 is 4.74 Å². The number of benzene rings is 1. The number of halogens is 1. The molecule has 142 valence electrons. The third kappa shape index (κ3) is 3.31. The van der Waals surface area contributed by atoms with Gasteiger partial charge < -0.3 is 9.30 Å². The van der Waals surface area contributed by atoms with Gasteiger partial charge in [-0.2, -0.15) is 0 Å². The first-order valence-electron chi connectivity index (χ1n) is 8.90. The Morgan fingerprint density at radius 3 is 2.61 bits per heavy atom. The number of fused-ring (bicyclic) bond motifs is 1. The summed E-state index contributed by atoms with van der Waals surface area (Å²) in [6, 6.07) is 8.05. The summed E-state index contributed by atoms with van der Waals surface area (Å²) in [5, 5.41) is 1.28. The fourth-order valence-electron chi connectivity index (χ4n) is 3.24. The van der Waals surface area contributed by atoms with Gasteiger partial charge in [0.25, 0.3) is 0 Å². The average molecular weight is 394 g/mol. The Hall–Kier alpha value is -2.99. The highest BCUT2D eigenvalue weighted by atomic mass is 35.5. The molecule has 7 heteroatoms. The predicted octanol–water partition coefficient (Wildman–Crippen LogP) is 4.29. The number of hydrogen-bond donors (Lipinski definition) is 0. The standard InChI is InChI=1S/C21H20ClN5O/c1-12-7-16-10-24-19(26-20(16)21(22)25-12)9-15-6-5-14(8-18(15)28-4)17-11-23-13(2)27(17)3/h5-8,10-11H,9H2,1-4H3. The third-order valence-electron chi connectivity index (χ3n) is 4.85. The molecule has 0 spiro atoms. The van der Waals surface area contributed by atoms with Crippen molar-refractivity contribution in [2.75, 3.05) is 7.11 Å². The second-order valence-corrected chi connectivity index (χ2v) is 7.09. The van der Waals surface area contributed by atoms with E-state index in [1.54, 1.807) is 13.3 Å². The molecule has 0 bridgehead atoms. The molecule has 1 aromatic carbocycles. The normalized spacial score (nSPS) is 11.2. The second kappa shape index (κ2) is 7.20. The maximum Gasteiger partial charge on any atom is 0.155 e. The maximum absolute atomic E-state index is 6.27. The van der Waals surface area contributed by atoms with Crippen LogP contribution in [0.4, 0.5) is 0 Å². The summed E-state index contributed by atoms with van der Waals surface area (Å²) < 4.78 is 7.68. The Bertz CT molecular complexity index is 1190. The van der Waals surface area contributed by atoms with Crippen molar-refractivity contribution >= 4 is 22.5 Å². The van der Waals surface area contributed by atoms with E-state index in [1.807, 2.05) is 45.3 Å². The highest BCUT2D eigenvalue weighted by molar-refractivity contribution is 6.33. The molecule has 0 unspecified atom stereocenters. The molecule has 6 nitrogen and oxygen atoms in total. The number of ether oxygens (including phenoxy) is 1. The molecule has 4 rings (SSSR count). The van der Waals surface area contributed by atoms with Gasteiger partial charge in [-0.15, -0.1) is 0 Å². The smallest absolute Gasteiger partial charge is 0.155 e. The van der Waals surface area contributed by atoms with Crippen LogP contribution in [0.2, 0.25) is 5.15 Å². The Kier molecular flexibility index (Phi) is 4.73. The lowest BCUT2D eigenvalue weighted by molar-refractivity contribution is 0.410. The van der Waals surface area contributed by atoms with E-state index < -0.39 is 0 Å². The molecule has 0 saturated carbocycles. The lowest BCUT2D eigenvalue weighted by Crippen LogP contribution is -2.01. The van der Waals surface area contributed by atoms with E-state index >= 15 is 0 Å². The molecule has 0 aliphatic rings. The molecule has 4 aromatic rings. The van der Waals surface area contributed by atoms with Gasteiger partial charge in [0.15, 0.2) is 5.15 Å². The van der Waals surface area contributed by atoms with Crippen LogP contribution in [0, 0.1) is 13.8 Å². The number of aryl methyl sites for hydroxylation is 2. The zero-order valence-electron chi connectivity index (χ0n) is 16.2. The molecule has 28 heavy (non-hydrogen) atoms. The molecule has 0 fully saturated rings. The SMILES string of the molecule is COc1cc(-c2cnc(C)n2C)ccc1Cc1ncc2cc(C)nc(Cl)c2n1. The highest BCUT2D eigenvalue weighted by Crippen LogP contribution is 2.29. The first kappa shape index (κ1) is 18.4. The number of nitrogens with zero attached hydrogens (tertiary/aromatic N) is 5. The minimum atomic E-state index is 0.396. The van der Waals surface area contributed by atoms with Crippen molar-refractivity contribution in [1.29, 1.82) is 0 Å². The molecule has 0 aliphatic heterocycles. The van der Waals surface area contributed by atoms with E-state index in [-0.39, 0.29) is 0 Å². The summed E-state index contributed by atoms with van der Waals surface area (Å²) in [5.74, 6) is 2.42. The van der Waals surface area contributed by atoms with Gasteiger partial charge in [0, 0.05) is 41.9 Å². The van der Waals surface area contributed by atoms with E-state index in [0.29, 0.717) is 22.9 Å². The molecule has 3 heterocycles. The van der Waals surface area contributed by atoms with Gasteiger partial charge in [0.05, 0.1) is 19.0 Å². The van der Waals surface area contributed by atoms with Crippen LogP contribution in [0.15, 0.2) is 36.7 Å². The van der Waals surface area contributed by atoms with Crippen LogP contribution in [0.3, 0.4) is 0 Å². The topological polar surface area (TPSA) is 65.7 Å². The van der Waals surface area contributed by atoms with E-state index in [2.05, 4.69) is 30.6 Å². The number of hydrogen-bond acceptors (Lipinski definition) is 5. The molecule has 0 radical (unpaired) electrons. The van der Waals surface area contributed by atoms with Crippen molar-refractivity contribution in [1.82, 2.24) is 24.5 Å². The van der Waals surface area contributed by atoms with Crippen LogP contribution >= 0.6 is 11.6 Å². The van der Waals surface area contributed by atoms with Crippen LogP contribution in [-0.2, 0) is 13.5 Å². The van der Waals surface area contributed by atoms with Gasteiger partial charge in [-0.25, -0.2) is 19.9 Å². The first-order chi connectivity index (χ1) is 13.5. The third-order valence-corrected chi connectivity index (χ3v) is 5.12. The van der Waals surface area contributed by atoms with Crippen molar-refractivity contribution in [3.8, 4) is 17.0 Å². The van der Waals surface area contributed by atoms with Crippen LogP contribution < -0.4 is 4.74 Å². The lowest BCUT2D eigenvalue weighted by Gasteiger charge is -2.11. The minimum absolute atomic E-state index is 0.396. The molecule has 0 N–H and O–H groups in total. The Balaban J connectivity index is 1.70. The van der Waals surface area contributed by atoms with E-state index in [9.17, 15) is 0 Å². The predicted molar refractivity (Wildman–Crippen MR) is 110 cm³/mol. The van der Waals surface area contributed by atoms with Crippen LogP contribution in [0.5, 0.6) is 5.75 Å². The lowest BCUT2D eigenvalue weighted by atomic mass is 10.1. The molecular weight excluding hydrogens is 374 g/mol. The first-order valence-corrected chi connectivity index (χ1v) is 9.28. The van der Waals surface area contributed by atoms with Gasteiger partial charge in [-0.1, -0.05) is 23.7 Å². The van der Waals surface area contributed by atoms with E-state index in [1.165, 1.54) is 0 Å². The summed E-state index contributed by atoms with van der Waals surface area (Å²) in [6.45, 7) is 3.88. The van der Waals surface area contributed by atoms with Crippen LogP contribution in [-0.4, -0.2) is 31.6 Å². The van der Waals surface area contributed by atoms with Crippen molar-refractivity contribution in [3.63, 3.8) is 0 Å². The summed E-state index contributed by atoms with van der Waals surface area (Å²) >= 11 is 6.27. The molecule has 0 aliphatic carbocycles. The molecule has 3 aromatic heterocycles. The van der Waals surface area contributed by atoms with Crippen molar-refractivity contribution in [2.45, 2.75) is 20.3 Å². The number of pyridine rings is 1. The van der Waals surface area contributed by atoms with Gasteiger partial charge in [-0.05, 0) is 26.0 Å². The fraction of sp³-hybridized carbons (Fsp3) is 0.238. The Labute approximate surface area is 168 Å². The van der Waals surface area contributed by atoms with Gasteiger partial charge in [0.2, 0.25) is 0 Å². The summed E-state index contributed by atoms with van der Waals surface area (Å²) in [7, 11) is 3.67. The second-order valence-electron chi connectivity index (χ2n) is 6.73. The highest BCUT2D eigenvalue weighted by Gasteiger charge is 2.13. The monoisotopic (exact) mass is 393 g/mol. The van der Waals surface area contributed by atoms with Crippen molar-refractivity contribution in [2.24, 2.45) is 7.05 Å². The summed E-state index contributed by atoms with van der Waals surface area (Å²) in [6.07, 6.45) is 4.19. The summed E-state index contributed by atoms with van der Waals surface area (Å²) in [4.78, 5) is 17.7. The van der Waals surface area contributed by atoms with Gasteiger partial charge in [-0.3, -0.25) is 0 Å². The fourth-order valence-corrected chi connectivity index (χ4v) is 3.52. The van der Waals surface area contributed by atoms with Crippen molar-refractivity contribution in [3.05, 3.63) is 64.7 Å². The molecule has 0 saturated heterocycles. The van der Waals surface area contributed by atoms with Crippen LogP contribution in [0.1, 0.15) is 22.9 Å².